The van der Waals surface area contributed by atoms with Gasteiger partial charge in [-0.15, -0.1) is 0 Å². The molecule has 1 rings (SSSR count). The number of hydrogen-bond donors (Lipinski definition) is 7. The van der Waals surface area contributed by atoms with Gasteiger partial charge < -0.3 is 21.3 Å². The number of rotatable bonds is 12. The molecule has 0 atom stereocenters. The molecule has 0 saturated heterocycles. The molecule has 0 bridgehead atoms. The number of aliphatic hydroxyl groups excluding tert-OH is 2. The van der Waals surface area contributed by atoms with E-state index in [1.165, 1.54) is 6.07 Å². The van der Waals surface area contributed by atoms with E-state index in [1.807, 2.05) is 6.92 Å². The first-order valence-electron chi connectivity index (χ1n) is 8.23. The smallest absolute Gasteiger partial charge is 0.245 e. The summed E-state index contributed by atoms with van der Waals surface area (Å²) in [5.74, 6) is -1.21. The highest BCUT2D eigenvalue weighted by Gasteiger charge is 2.33. The first-order chi connectivity index (χ1) is 11.8. The zero-order valence-electron chi connectivity index (χ0n) is 14.7. The number of benzene rings is 1. The summed E-state index contributed by atoms with van der Waals surface area (Å²) in [6.07, 6.45) is 0.338. The Morgan fingerprint density at radius 1 is 1.12 bits per heavy atom. The highest BCUT2D eigenvalue weighted by atomic mass is 32.2. The van der Waals surface area contributed by atoms with Gasteiger partial charge in [0.1, 0.15) is 10.7 Å². The van der Waals surface area contributed by atoms with E-state index in [1.54, 1.807) is 19.1 Å². The summed E-state index contributed by atoms with van der Waals surface area (Å²) in [5.41, 5.74) is 6.53. The Bertz CT molecular complexity index is 631. The van der Waals surface area contributed by atoms with Gasteiger partial charge in [0.2, 0.25) is 10.0 Å². The third-order valence-electron chi connectivity index (χ3n) is 3.58. The fraction of sp³-hybridized carbons (Fsp3) is 0.600. The summed E-state index contributed by atoms with van der Waals surface area (Å²) < 4.78 is 28.5. The second-order valence-corrected chi connectivity index (χ2v) is 7.10. The molecular weight excluding hydrogens is 346 g/mol. The maximum Gasteiger partial charge on any atom is 0.245 e. The van der Waals surface area contributed by atoms with Gasteiger partial charge >= 0.3 is 0 Å². The van der Waals surface area contributed by atoms with E-state index in [0.29, 0.717) is 24.3 Å². The lowest BCUT2D eigenvalue weighted by Crippen LogP contribution is -2.68. The van der Waals surface area contributed by atoms with Crippen LogP contribution in [0.3, 0.4) is 0 Å². The van der Waals surface area contributed by atoms with Crippen LogP contribution in [0.25, 0.3) is 0 Å². The predicted molar refractivity (Wildman–Crippen MR) is 98.5 cm³/mol. The van der Waals surface area contributed by atoms with Gasteiger partial charge in [0.15, 0.2) is 0 Å². The van der Waals surface area contributed by atoms with Gasteiger partial charge in [0, 0.05) is 25.3 Å². The van der Waals surface area contributed by atoms with Crippen LogP contribution in [0.5, 0.6) is 0 Å². The molecule has 0 unspecified atom stereocenters. The molecule has 144 valence electrons. The zero-order valence-corrected chi connectivity index (χ0v) is 15.5. The maximum absolute atomic E-state index is 13.0. The van der Waals surface area contributed by atoms with Crippen LogP contribution >= 0.6 is 0 Å². The van der Waals surface area contributed by atoms with Crippen LogP contribution in [-0.4, -0.2) is 57.3 Å². The third-order valence-corrected chi connectivity index (χ3v) is 5.11. The monoisotopic (exact) mass is 375 g/mol. The topological polar surface area (TPSA) is 149 Å². The van der Waals surface area contributed by atoms with Crippen molar-refractivity contribution >= 4 is 21.4 Å². The molecule has 0 aliphatic carbocycles. The average molecular weight is 375 g/mol. The molecule has 25 heavy (non-hydrogen) atoms. The molecule has 0 aliphatic rings. The van der Waals surface area contributed by atoms with E-state index < -0.39 is 15.8 Å². The first kappa shape index (κ1) is 21.6. The molecule has 9 nitrogen and oxygen atoms in total. The standard InChI is InChI=1S/C15H29N5O4S/c1-3-15(18-7-9-21,19-8-10-22)20-25(23,24)14-11-12(16)5-6-13(14)17-4-2/h5-6,11,17-22H,3-4,7-10,16H2,1-2H3. The molecule has 0 saturated carbocycles. The molecule has 0 aromatic heterocycles. The Kier molecular flexibility index (Phi) is 8.56. The van der Waals surface area contributed by atoms with Crippen molar-refractivity contribution in [1.29, 1.82) is 0 Å². The van der Waals surface area contributed by atoms with E-state index in [0.717, 1.165) is 0 Å². The van der Waals surface area contributed by atoms with E-state index in [2.05, 4.69) is 20.7 Å². The van der Waals surface area contributed by atoms with Crippen molar-refractivity contribution in [1.82, 2.24) is 15.4 Å². The normalized spacial score (nSPS) is 12.3. The molecule has 0 spiro atoms. The first-order valence-corrected chi connectivity index (χ1v) is 9.71. The minimum atomic E-state index is -3.95. The fourth-order valence-electron chi connectivity index (χ4n) is 2.38. The Balaban J connectivity index is 3.23. The predicted octanol–water partition coefficient (Wildman–Crippen LogP) is -0.793. The molecular formula is C15H29N5O4S. The third kappa shape index (κ3) is 6.10. The van der Waals surface area contributed by atoms with E-state index >= 15 is 0 Å². The second-order valence-electron chi connectivity index (χ2n) is 5.45. The van der Waals surface area contributed by atoms with Crippen LogP contribution in [0, 0.1) is 0 Å². The Hall–Kier alpha value is -1.43. The van der Waals surface area contributed by atoms with E-state index in [-0.39, 0.29) is 31.2 Å². The van der Waals surface area contributed by atoms with Crippen LogP contribution in [0.1, 0.15) is 20.3 Å². The number of hydrogen-bond acceptors (Lipinski definition) is 8. The minimum absolute atomic E-state index is 0.0313. The molecule has 1 aromatic carbocycles. The number of aliphatic hydroxyl groups is 2. The van der Waals surface area contributed by atoms with Crippen LogP contribution in [0.4, 0.5) is 11.4 Å². The van der Waals surface area contributed by atoms with Crippen molar-refractivity contribution in [3.8, 4) is 0 Å². The fourth-order valence-corrected chi connectivity index (χ4v) is 3.96. The molecule has 0 amide bonds. The van der Waals surface area contributed by atoms with Crippen molar-refractivity contribution in [3.63, 3.8) is 0 Å². The van der Waals surface area contributed by atoms with Gasteiger partial charge in [-0.25, -0.2) is 8.42 Å². The van der Waals surface area contributed by atoms with Crippen LogP contribution in [-0.2, 0) is 10.0 Å². The van der Waals surface area contributed by atoms with Gasteiger partial charge in [-0.3, -0.25) is 10.6 Å². The summed E-state index contributed by atoms with van der Waals surface area (Å²) in [5, 5.41) is 27.0. The molecule has 0 fully saturated rings. The van der Waals surface area contributed by atoms with Gasteiger partial charge in [-0.1, -0.05) is 6.92 Å². The molecule has 1 aromatic rings. The lowest BCUT2D eigenvalue weighted by Gasteiger charge is -2.35. The number of nitrogens with one attached hydrogen (secondary N) is 4. The number of anilines is 2. The second kappa shape index (κ2) is 9.90. The maximum atomic E-state index is 13.0. The van der Waals surface area contributed by atoms with Crippen LogP contribution in [0.2, 0.25) is 0 Å². The number of nitrogen functional groups attached to an aromatic ring is 1. The summed E-state index contributed by atoms with van der Waals surface area (Å²) in [6.45, 7) is 4.22. The zero-order chi connectivity index (χ0) is 18.9. The summed E-state index contributed by atoms with van der Waals surface area (Å²) in [7, 11) is -3.95. The highest BCUT2D eigenvalue weighted by Crippen LogP contribution is 2.25. The average Bonchev–Trinajstić information content (AvgIpc) is 2.59. The largest absolute Gasteiger partial charge is 0.399 e. The van der Waals surface area contributed by atoms with E-state index in [9.17, 15) is 8.42 Å². The Morgan fingerprint density at radius 2 is 1.72 bits per heavy atom. The number of nitrogens with two attached hydrogens (primary N) is 1. The molecule has 0 heterocycles. The van der Waals surface area contributed by atoms with Crippen molar-refractivity contribution in [3.05, 3.63) is 18.2 Å². The van der Waals surface area contributed by atoms with Gasteiger partial charge in [-0.05, 0) is 31.5 Å². The van der Waals surface area contributed by atoms with Crippen molar-refractivity contribution < 1.29 is 18.6 Å². The Morgan fingerprint density at radius 3 is 2.20 bits per heavy atom. The van der Waals surface area contributed by atoms with Gasteiger partial charge in [0.05, 0.1) is 18.9 Å². The molecule has 0 aliphatic heterocycles. The van der Waals surface area contributed by atoms with E-state index in [4.69, 9.17) is 15.9 Å². The lowest BCUT2D eigenvalue weighted by atomic mass is 10.2. The summed E-state index contributed by atoms with van der Waals surface area (Å²) in [4.78, 5) is 0.0313. The van der Waals surface area contributed by atoms with Gasteiger partial charge in [-0.2, -0.15) is 4.72 Å². The van der Waals surface area contributed by atoms with Crippen LogP contribution in [0.15, 0.2) is 23.1 Å². The summed E-state index contributed by atoms with van der Waals surface area (Å²) >= 11 is 0. The quantitative estimate of drug-likeness (QED) is 0.186. The Labute approximate surface area is 149 Å². The van der Waals surface area contributed by atoms with Gasteiger partial charge in [0.25, 0.3) is 0 Å². The molecule has 0 radical (unpaired) electrons. The number of sulfonamides is 1. The molecule has 10 heteroatoms. The lowest BCUT2D eigenvalue weighted by molar-refractivity contribution is 0.181. The highest BCUT2D eigenvalue weighted by molar-refractivity contribution is 7.89. The van der Waals surface area contributed by atoms with Crippen molar-refractivity contribution in [2.24, 2.45) is 0 Å². The van der Waals surface area contributed by atoms with Crippen molar-refractivity contribution in [2.45, 2.75) is 31.0 Å². The SMILES string of the molecule is CCNc1ccc(N)cc1S(=O)(=O)NC(CC)(NCCO)NCCO. The van der Waals surface area contributed by atoms with Crippen LogP contribution < -0.4 is 26.4 Å². The minimum Gasteiger partial charge on any atom is -0.399 e. The summed E-state index contributed by atoms with van der Waals surface area (Å²) in [6, 6.07) is 4.63. The van der Waals surface area contributed by atoms with Crippen molar-refractivity contribution in [2.75, 3.05) is 43.9 Å². The molecule has 8 N–H and O–H groups in total.